The molecule has 1 amide bonds. The summed E-state index contributed by atoms with van der Waals surface area (Å²) in [7, 11) is 0. The van der Waals surface area contributed by atoms with Gasteiger partial charge in [-0.15, -0.1) is 5.10 Å². The molecular formula is C20H28FN5O. The highest BCUT2D eigenvalue weighted by molar-refractivity contribution is 5.91. The largest absolute Gasteiger partial charge is 0.351 e. The fourth-order valence-corrected chi connectivity index (χ4v) is 3.41. The van der Waals surface area contributed by atoms with Crippen LogP contribution in [0, 0.1) is 11.7 Å². The first-order valence-corrected chi connectivity index (χ1v) is 9.71. The van der Waals surface area contributed by atoms with Crippen LogP contribution in [0.15, 0.2) is 30.5 Å². The summed E-state index contributed by atoms with van der Waals surface area (Å²) in [5.74, 6) is 0.295. The quantitative estimate of drug-likeness (QED) is 0.758. The topological polar surface area (TPSA) is 63.1 Å². The van der Waals surface area contributed by atoms with E-state index in [4.69, 9.17) is 0 Å². The van der Waals surface area contributed by atoms with Gasteiger partial charge in [-0.2, -0.15) is 0 Å². The van der Waals surface area contributed by atoms with Crippen LogP contribution in [-0.4, -0.2) is 52.0 Å². The minimum absolute atomic E-state index is 0.241. The van der Waals surface area contributed by atoms with E-state index in [9.17, 15) is 9.18 Å². The zero-order chi connectivity index (χ0) is 19.2. The molecule has 1 aromatic heterocycles. The Morgan fingerprint density at radius 3 is 2.81 bits per heavy atom. The first-order chi connectivity index (χ1) is 13.0. The standard InChI is InChI=1S/C20H28FN5O/c1-15-8-12-25(13-9-15)11-5-10-22-20(27)19-14-26(24-23-19)16(2)17-6-3-4-7-18(17)21/h3-4,6-7,14-16H,5,8-13H2,1-2H3,(H,22,27). The normalized spacial score (nSPS) is 17.0. The van der Waals surface area contributed by atoms with E-state index in [2.05, 4.69) is 27.5 Å². The third kappa shape index (κ3) is 5.13. The molecule has 27 heavy (non-hydrogen) atoms. The van der Waals surface area contributed by atoms with Crippen molar-refractivity contribution >= 4 is 5.91 Å². The Morgan fingerprint density at radius 1 is 1.33 bits per heavy atom. The smallest absolute Gasteiger partial charge is 0.273 e. The predicted octanol–water partition coefficient (Wildman–Crippen LogP) is 2.88. The van der Waals surface area contributed by atoms with Crippen molar-refractivity contribution in [2.45, 2.75) is 39.2 Å². The molecule has 2 aromatic rings. The third-order valence-corrected chi connectivity index (χ3v) is 5.31. The minimum atomic E-state index is -0.332. The molecule has 7 heteroatoms. The van der Waals surface area contributed by atoms with Crippen molar-refractivity contribution < 1.29 is 9.18 Å². The summed E-state index contributed by atoms with van der Waals surface area (Å²) in [4.78, 5) is 14.7. The van der Waals surface area contributed by atoms with Gasteiger partial charge in [0, 0.05) is 12.1 Å². The van der Waals surface area contributed by atoms with Crippen molar-refractivity contribution in [3.05, 3.63) is 47.5 Å². The SMILES string of the molecule is CC1CCN(CCCNC(=O)c2cn(C(C)c3ccccc3F)nn2)CC1. The second-order valence-corrected chi connectivity index (χ2v) is 7.41. The molecule has 1 N–H and O–H groups in total. The van der Waals surface area contributed by atoms with Crippen molar-refractivity contribution in [1.29, 1.82) is 0 Å². The van der Waals surface area contributed by atoms with Gasteiger partial charge in [0.1, 0.15) is 5.82 Å². The summed E-state index contributed by atoms with van der Waals surface area (Å²) in [6.45, 7) is 8.05. The van der Waals surface area contributed by atoms with E-state index in [0.717, 1.165) is 32.0 Å². The highest BCUT2D eigenvalue weighted by Gasteiger charge is 2.18. The lowest BCUT2D eigenvalue weighted by Gasteiger charge is -2.30. The second-order valence-electron chi connectivity index (χ2n) is 7.41. The zero-order valence-electron chi connectivity index (χ0n) is 16.1. The van der Waals surface area contributed by atoms with Gasteiger partial charge in [-0.25, -0.2) is 9.07 Å². The molecule has 0 saturated carbocycles. The summed E-state index contributed by atoms with van der Waals surface area (Å²) in [6.07, 6.45) is 5.00. The van der Waals surface area contributed by atoms with Crippen LogP contribution >= 0.6 is 0 Å². The van der Waals surface area contributed by atoms with Crippen LogP contribution < -0.4 is 5.32 Å². The van der Waals surface area contributed by atoms with Crippen LogP contribution in [0.1, 0.15) is 55.2 Å². The zero-order valence-corrected chi connectivity index (χ0v) is 16.1. The van der Waals surface area contributed by atoms with E-state index >= 15 is 0 Å². The molecule has 1 saturated heterocycles. The molecule has 2 heterocycles. The lowest BCUT2D eigenvalue weighted by Crippen LogP contribution is -2.35. The van der Waals surface area contributed by atoms with E-state index in [1.807, 2.05) is 6.92 Å². The van der Waals surface area contributed by atoms with E-state index in [0.29, 0.717) is 12.1 Å². The predicted molar refractivity (Wildman–Crippen MR) is 102 cm³/mol. The number of nitrogens with one attached hydrogen (secondary N) is 1. The Morgan fingerprint density at radius 2 is 2.07 bits per heavy atom. The number of benzene rings is 1. The molecule has 1 aromatic carbocycles. The van der Waals surface area contributed by atoms with Gasteiger partial charge in [-0.3, -0.25) is 4.79 Å². The summed E-state index contributed by atoms with van der Waals surface area (Å²) < 4.78 is 15.4. The number of hydrogen-bond donors (Lipinski definition) is 1. The number of halogens is 1. The molecule has 0 aliphatic carbocycles. The first kappa shape index (κ1) is 19.5. The van der Waals surface area contributed by atoms with Gasteiger partial charge in [0.25, 0.3) is 5.91 Å². The van der Waals surface area contributed by atoms with Crippen molar-refractivity contribution in [1.82, 2.24) is 25.2 Å². The van der Waals surface area contributed by atoms with Gasteiger partial charge in [0.05, 0.1) is 12.2 Å². The lowest BCUT2D eigenvalue weighted by molar-refractivity contribution is 0.0945. The maximum Gasteiger partial charge on any atom is 0.273 e. The monoisotopic (exact) mass is 373 g/mol. The average molecular weight is 373 g/mol. The fourth-order valence-electron chi connectivity index (χ4n) is 3.41. The summed E-state index contributed by atoms with van der Waals surface area (Å²) in [6, 6.07) is 6.22. The summed E-state index contributed by atoms with van der Waals surface area (Å²) >= 11 is 0. The number of rotatable bonds is 7. The molecule has 1 unspecified atom stereocenters. The summed E-state index contributed by atoms with van der Waals surface area (Å²) in [5.41, 5.74) is 0.773. The van der Waals surface area contributed by atoms with Crippen molar-refractivity contribution in [2.75, 3.05) is 26.2 Å². The highest BCUT2D eigenvalue weighted by atomic mass is 19.1. The van der Waals surface area contributed by atoms with Crippen LogP contribution in [-0.2, 0) is 0 Å². The molecule has 0 radical (unpaired) electrons. The average Bonchev–Trinajstić information content (AvgIpc) is 3.17. The number of carbonyl (C=O) groups excluding carboxylic acids is 1. The van der Waals surface area contributed by atoms with Crippen LogP contribution in [0.2, 0.25) is 0 Å². The summed E-state index contributed by atoms with van der Waals surface area (Å²) in [5, 5.41) is 10.8. The molecule has 1 atom stereocenters. The van der Waals surface area contributed by atoms with Gasteiger partial charge >= 0.3 is 0 Å². The first-order valence-electron chi connectivity index (χ1n) is 9.71. The van der Waals surface area contributed by atoms with Crippen molar-refractivity contribution in [2.24, 2.45) is 5.92 Å². The molecule has 1 fully saturated rings. The molecule has 6 nitrogen and oxygen atoms in total. The highest BCUT2D eigenvalue weighted by Crippen LogP contribution is 2.20. The van der Waals surface area contributed by atoms with Gasteiger partial charge in [0.15, 0.2) is 5.69 Å². The fraction of sp³-hybridized carbons (Fsp3) is 0.550. The molecule has 146 valence electrons. The van der Waals surface area contributed by atoms with Gasteiger partial charge in [-0.05, 0) is 57.8 Å². The van der Waals surface area contributed by atoms with Crippen LogP contribution in [0.4, 0.5) is 4.39 Å². The number of aromatic nitrogens is 3. The third-order valence-electron chi connectivity index (χ3n) is 5.31. The number of piperidine rings is 1. The second kappa shape index (κ2) is 9.08. The van der Waals surface area contributed by atoms with E-state index in [-0.39, 0.29) is 23.5 Å². The molecule has 1 aliphatic heterocycles. The van der Waals surface area contributed by atoms with Crippen LogP contribution in [0.25, 0.3) is 0 Å². The van der Waals surface area contributed by atoms with E-state index < -0.39 is 0 Å². The van der Waals surface area contributed by atoms with Crippen LogP contribution in [0.3, 0.4) is 0 Å². The van der Waals surface area contributed by atoms with E-state index in [1.54, 1.807) is 24.4 Å². The van der Waals surface area contributed by atoms with E-state index in [1.165, 1.54) is 23.6 Å². The molecule has 1 aliphatic rings. The minimum Gasteiger partial charge on any atom is -0.351 e. The number of likely N-dealkylation sites (tertiary alicyclic amines) is 1. The number of carbonyl (C=O) groups is 1. The Balaban J connectivity index is 1.46. The maximum atomic E-state index is 13.9. The maximum absolute atomic E-state index is 13.9. The van der Waals surface area contributed by atoms with Gasteiger partial charge in [-0.1, -0.05) is 30.3 Å². The lowest BCUT2D eigenvalue weighted by atomic mass is 9.99. The van der Waals surface area contributed by atoms with Crippen molar-refractivity contribution in [3.63, 3.8) is 0 Å². The van der Waals surface area contributed by atoms with Gasteiger partial charge < -0.3 is 10.2 Å². The Kier molecular flexibility index (Phi) is 6.55. The van der Waals surface area contributed by atoms with Crippen LogP contribution in [0.5, 0.6) is 0 Å². The molecule has 0 bridgehead atoms. The number of hydrogen-bond acceptors (Lipinski definition) is 4. The molecule has 0 spiro atoms. The molecular weight excluding hydrogens is 345 g/mol. The Hall–Kier alpha value is -2.28. The Bertz CT molecular complexity index is 754. The molecule has 3 rings (SSSR count). The van der Waals surface area contributed by atoms with Crippen molar-refractivity contribution in [3.8, 4) is 0 Å². The number of nitrogens with zero attached hydrogens (tertiary/aromatic N) is 4. The number of amides is 1. The van der Waals surface area contributed by atoms with Gasteiger partial charge in [0.2, 0.25) is 0 Å². The Labute approximate surface area is 159 Å².